The molecule has 0 spiro atoms. The van der Waals surface area contributed by atoms with Crippen LogP contribution in [0.15, 0.2) is 78.0 Å². The minimum absolute atomic E-state index is 0.104. The van der Waals surface area contributed by atoms with E-state index in [0.29, 0.717) is 31.7 Å². The third-order valence-corrected chi connectivity index (χ3v) is 6.12. The average molecular weight is 490 g/mol. The van der Waals surface area contributed by atoms with Gasteiger partial charge < -0.3 is 5.32 Å². The third kappa shape index (κ3) is 5.05. The molecule has 9 heteroatoms. The van der Waals surface area contributed by atoms with Crippen LogP contribution < -0.4 is 5.32 Å². The first-order valence-electron chi connectivity index (χ1n) is 9.16. The lowest BCUT2D eigenvalue weighted by Gasteiger charge is -2.11. The lowest BCUT2D eigenvalue weighted by molar-refractivity contribution is -0.113. The standard InChI is InChI=1S/C22H15Cl3N4OS/c23-15-11-9-14(10-12-15)21-27-28-22(29(21)16-5-2-1-3-6-16)31-13-19(30)26-20-17(24)7-4-8-18(20)25/h1-12H,13H2,(H,26,30). The maximum atomic E-state index is 12.5. The van der Waals surface area contributed by atoms with Gasteiger partial charge in [0.05, 0.1) is 21.5 Å². The molecule has 0 atom stereocenters. The Morgan fingerprint density at radius 1 is 0.871 bits per heavy atom. The second kappa shape index (κ2) is 9.75. The number of aromatic nitrogens is 3. The van der Waals surface area contributed by atoms with Crippen LogP contribution in [0.1, 0.15) is 0 Å². The summed E-state index contributed by atoms with van der Waals surface area (Å²) in [7, 11) is 0. The number of rotatable bonds is 6. The van der Waals surface area contributed by atoms with Gasteiger partial charge in [0.25, 0.3) is 0 Å². The fraction of sp³-hybridized carbons (Fsp3) is 0.0455. The van der Waals surface area contributed by atoms with Crippen LogP contribution >= 0.6 is 46.6 Å². The molecule has 1 amide bonds. The summed E-state index contributed by atoms with van der Waals surface area (Å²) in [4.78, 5) is 12.5. The number of carbonyl (C=O) groups excluding carboxylic acids is 1. The van der Waals surface area contributed by atoms with Crippen molar-refractivity contribution in [1.29, 1.82) is 0 Å². The van der Waals surface area contributed by atoms with E-state index < -0.39 is 0 Å². The molecule has 0 unspecified atom stereocenters. The lowest BCUT2D eigenvalue weighted by Crippen LogP contribution is -2.15. The molecule has 0 fully saturated rings. The number of amides is 1. The molecule has 5 nitrogen and oxygen atoms in total. The number of anilines is 1. The molecule has 1 heterocycles. The van der Waals surface area contributed by atoms with Crippen LogP contribution in [0, 0.1) is 0 Å². The lowest BCUT2D eigenvalue weighted by atomic mass is 10.2. The molecule has 0 bridgehead atoms. The normalized spacial score (nSPS) is 10.8. The number of thioether (sulfide) groups is 1. The third-order valence-electron chi connectivity index (χ3n) is 4.31. The van der Waals surface area contributed by atoms with E-state index in [-0.39, 0.29) is 11.7 Å². The quantitative estimate of drug-likeness (QED) is 0.309. The molecule has 0 aliphatic rings. The summed E-state index contributed by atoms with van der Waals surface area (Å²) in [6, 6.07) is 22.1. The Morgan fingerprint density at radius 3 is 2.23 bits per heavy atom. The van der Waals surface area contributed by atoms with E-state index in [1.165, 1.54) is 11.8 Å². The number of benzene rings is 3. The zero-order chi connectivity index (χ0) is 21.8. The Hall–Kier alpha value is -2.51. The topological polar surface area (TPSA) is 59.8 Å². The maximum absolute atomic E-state index is 12.5. The van der Waals surface area contributed by atoms with E-state index in [4.69, 9.17) is 34.8 Å². The van der Waals surface area contributed by atoms with E-state index in [9.17, 15) is 4.79 Å². The first-order chi connectivity index (χ1) is 15.0. The minimum Gasteiger partial charge on any atom is -0.323 e. The van der Waals surface area contributed by atoms with E-state index >= 15 is 0 Å². The van der Waals surface area contributed by atoms with E-state index in [1.807, 2.05) is 47.0 Å². The Kier molecular flexibility index (Phi) is 6.83. The van der Waals surface area contributed by atoms with Crippen LogP contribution in [-0.4, -0.2) is 26.4 Å². The molecular formula is C22H15Cl3N4OS. The van der Waals surface area contributed by atoms with Gasteiger partial charge in [0.15, 0.2) is 11.0 Å². The monoisotopic (exact) mass is 488 g/mol. The van der Waals surface area contributed by atoms with E-state index in [1.54, 1.807) is 30.3 Å². The smallest absolute Gasteiger partial charge is 0.234 e. The van der Waals surface area contributed by atoms with E-state index in [0.717, 1.165) is 11.3 Å². The van der Waals surface area contributed by atoms with Crippen molar-refractivity contribution in [2.45, 2.75) is 5.16 Å². The largest absolute Gasteiger partial charge is 0.323 e. The van der Waals surface area contributed by atoms with Gasteiger partial charge in [-0.25, -0.2) is 0 Å². The van der Waals surface area contributed by atoms with Crippen molar-refractivity contribution >= 4 is 58.2 Å². The molecule has 4 aromatic rings. The van der Waals surface area contributed by atoms with Crippen molar-refractivity contribution in [2.24, 2.45) is 0 Å². The summed E-state index contributed by atoms with van der Waals surface area (Å²) in [5.74, 6) is 0.503. The van der Waals surface area contributed by atoms with Crippen molar-refractivity contribution in [2.75, 3.05) is 11.1 Å². The van der Waals surface area contributed by atoms with Gasteiger partial charge in [-0.2, -0.15) is 0 Å². The highest BCUT2D eigenvalue weighted by atomic mass is 35.5. The number of halogens is 3. The SMILES string of the molecule is O=C(CSc1nnc(-c2ccc(Cl)cc2)n1-c1ccccc1)Nc1c(Cl)cccc1Cl. The molecule has 156 valence electrons. The summed E-state index contributed by atoms with van der Waals surface area (Å²) >= 11 is 19.6. The second-order valence-electron chi connectivity index (χ2n) is 6.42. The average Bonchev–Trinajstić information content (AvgIpc) is 3.20. The maximum Gasteiger partial charge on any atom is 0.234 e. The molecule has 1 aromatic heterocycles. The molecule has 0 aliphatic carbocycles. The fourth-order valence-corrected chi connectivity index (χ4v) is 4.25. The van der Waals surface area contributed by atoms with Gasteiger partial charge in [0.1, 0.15) is 0 Å². The van der Waals surface area contributed by atoms with Gasteiger partial charge in [-0.1, -0.05) is 70.8 Å². The first-order valence-corrected chi connectivity index (χ1v) is 11.3. The number of para-hydroxylation sites is 2. The molecule has 4 rings (SSSR count). The summed E-state index contributed by atoms with van der Waals surface area (Å²) in [6.07, 6.45) is 0. The zero-order valence-corrected chi connectivity index (χ0v) is 19.0. The summed E-state index contributed by atoms with van der Waals surface area (Å²) in [5, 5.41) is 13.4. The predicted molar refractivity (Wildman–Crippen MR) is 128 cm³/mol. The van der Waals surface area contributed by atoms with Crippen LogP contribution in [0.2, 0.25) is 15.1 Å². The number of hydrogen-bond acceptors (Lipinski definition) is 4. The van der Waals surface area contributed by atoms with Gasteiger partial charge in [0, 0.05) is 16.3 Å². The number of carbonyl (C=O) groups is 1. The molecule has 0 saturated carbocycles. The molecule has 0 aliphatic heterocycles. The van der Waals surface area contributed by atoms with Gasteiger partial charge in [0.2, 0.25) is 5.91 Å². The van der Waals surface area contributed by atoms with Crippen molar-refractivity contribution in [3.05, 3.63) is 87.9 Å². The number of hydrogen-bond donors (Lipinski definition) is 1. The fourth-order valence-electron chi connectivity index (χ4n) is 2.88. The zero-order valence-electron chi connectivity index (χ0n) is 15.9. The predicted octanol–water partition coefficient (Wildman–Crippen LogP) is 6.63. The van der Waals surface area contributed by atoms with Gasteiger partial charge >= 0.3 is 0 Å². The van der Waals surface area contributed by atoms with Gasteiger partial charge in [-0.3, -0.25) is 9.36 Å². The number of nitrogens with zero attached hydrogens (tertiary/aromatic N) is 3. The van der Waals surface area contributed by atoms with Crippen molar-refractivity contribution in [1.82, 2.24) is 14.8 Å². The van der Waals surface area contributed by atoms with Crippen LogP contribution in [0.4, 0.5) is 5.69 Å². The molecule has 31 heavy (non-hydrogen) atoms. The van der Waals surface area contributed by atoms with Crippen LogP contribution in [-0.2, 0) is 4.79 Å². The summed E-state index contributed by atoms with van der Waals surface area (Å²) in [6.45, 7) is 0. The second-order valence-corrected chi connectivity index (χ2v) is 8.61. The Bertz CT molecular complexity index is 1190. The van der Waals surface area contributed by atoms with Crippen molar-refractivity contribution in [3.8, 4) is 17.1 Å². The number of nitrogens with one attached hydrogen (secondary N) is 1. The van der Waals surface area contributed by atoms with Crippen molar-refractivity contribution in [3.63, 3.8) is 0 Å². The molecular weight excluding hydrogens is 475 g/mol. The summed E-state index contributed by atoms with van der Waals surface area (Å²) in [5.41, 5.74) is 2.14. The Labute approximate surface area is 198 Å². The Morgan fingerprint density at radius 2 is 1.55 bits per heavy atom. The molecule has 1 N–H and O–H groups in total. The van der Waals surface area contributed by atoms with E-state index in [2.05, 4.69) is 15.5 Å². The molecule has 3 aromatic carbocycles. The summed E-state index contributed by atoms with van der Waals surface area (Å²) < 4.78 is 1.91. The highest BCUT2D eigenvalue weighted by Crippen LogP contribution is 2.31. The molecule has 0 saturated heterocycles. The Balaban J connectivity index is 1.60. The van der Waals surface area contributed by atoms with Crippen LogP contribution in [0.5, 0.6) is 0 Å². The highest BCUT2D eigenvalue weighted by Gasteiger charge is 2.18. The highest BCUT2D eigenvalue weighted by molar-refractivity contribution is 7.99. The minimum atomic E-state index is -0.254. The van der Waals surface area contributed by atoms with Gasteiger partial charge in [-0.15, -0.1) is 10.2 Å². The van der Waals surface area contributed by atoms with Crippen molar-refractivity contribution < 1.29 is 4.79 Å². The first kappa shape index (κ1) is 21.7. The van der Waals surface area contributed by atoms with Gasteiger partial charge in [-0.05, 0) is 48.5 Å². The van der Waals surface area contributed by atoms with Crippen LogP contribution in [0.3, 0.4) is 0 Å². The van der Waals surface area contributed by atoms with Crippen LogP contribution in [0.25, 0.3) is 17.1 Å². The molecule has 0 radical (unpaired) electrons.